The van der Waals surface area contributed by atoms with Crippen molar-refractivity contribution in [2.75, 3.05) is 18.4 Å². The van der Waals surface area contributed by atoms with E-state index in [2.05, 4.69) is 75.8 Å². The lowest BCUT2D eigenvalue weighted by molar-refractivity contribution is 0.459. The molecule has 0 radical (unpaired) electrons. The Balaban J connectivity index is 1.67. The van der Waals surface area contributed by atoms with Gasteiger partial charge in [-0.25, -0.2) is 4.98 Å². The fourth-order valence-electron chi connectivity index (χ4n) is 3.09. The molecule has 2 aliphatic rings. The van der Waals surface area contributed by atoms with Crippen LogP contribution in [0.5, 0.6) is 0 Å². The number of benzene rings is 1. The van der Waals surface area contributed by atoms with Crippen molar-refractivity contribution in [3.05, 3.63) is 83.2 Å². The van der Waals surface area contributed by atoms with Crippen LogP contribution >= 0.6 is 0 Å². The number of anilines is 1. The third-order valence-corrected chi connectivity index (χ3v) is 4.43. The fraction of sp³-hybridized carbons (Fsp3) is 0.200. The van der Waals surface area contributed by atoms with E-state index < -0.39 is 0 Å². The quantitative estimate of drug-likeness (QED) is 0.900. The van der Waals surface area contributed by atoms with Crippen molar-refractivity contribution in [3.8, 4) is 0 Å². The molecule has 0 bridgehead atoms. The number of nitrogens with one attached hydrogen (secondary N) is 2. The average molecular weight is 331 g/mol. The van der Waals surface area contributed by atoms with Crippen LogP contribution in [0.1, 0.15) is 18.1 Å². The minimum atomic E-state index is 0.680. The van der Waals surface area contributed by atoms with E-state index in [0.29, 0.717) is 6.54 Å². The maximum Gasteiger partial charge on any atom is 0.144 e. The van der Waals surface area contributed by atoms with Crippen molar-refractivity contribution in [1.29, 1.82) is 0 Å². The highest BCUT2D eigenvalue weighted by atomic mass is 15.3. The molecule has 1 aromatic carbocycles. The number of nitrogens with zero attached hydrogens (tertiary/aromatic N) is 3. The Morgan fingerprint density at radius 2 is 1.96 bits per heavy atom. The van der Waals surface area contributed by atoms with Gasteiger partial charge >= 0.3 is 0 Å². The second-order valence-electron chi connectivity index (χ2n) is 6.41. The first-order valence-electron chi connectivity index (χ1n) is 8.43. The molecule has 0 unspecified atom stereocenters. The molecule has 0 saturated carbocycles. The topological polar surface area (TPSA) is 53.1 Å². The highest BCUT2D eigenvalue weighted by Crippen LogP contribution is 2.32. The Hall–Kier alpha value is -3.08. The first-order valence-corrected chi connectivity index (χ1v) is 8.43. The summed E-state index contributed by atoms with van der Waals surface area (Å²) in [4.78, 5) is 10.8. The largest absolute Gasteiger partial charge is 0.363 e. The summed E-state index contributed by atoms with van der Waals surface area (Å²) in [7, 11) is 0. The van der Waals surface area contributed by atoms with E-state index >= 15 is 0 Å². The van der Waals surface area contributed by atoms with Crippen LogP contribution in [0.3, 0.4) is 0 Å². The van der Waals surface area contributed by atoms with Gasteiger partial charge in [0.25, 0.3) is 0 Å². The molecule has 1 aromatic heterocycles. The number of hydrogen-bond acceptors (Lipinski definition) is 5. The van der Waals surface area contributed by atoms with Crippen molar-refractivity contribution >= 4 is 11.5 Å². The summed E-state index contributed by atoms with van der Waals surface area (Å²) in [5.74, 6) is 1.90. The van der Waals surface area contributed by atoms with Gasteiger partial charge in [-0.05, 0) is 25.5 Å². The van der Waals surface area contributed by atoms with E-state index in [1.165, 1.54) is 22.4 Å². The van der Waals surface area contributed by atoms with E-state index in [0.717, 1.165) is 23.9 Å². The summed E-state index contributed by atoms with van der Waals surface area (Å²) in [5.41, 5.74) is 6.15. The standard InChI is InChI=1S/C20H21N5/c1-14-3-6-16(7-4-14)20-17(11-23-18-12-21-9-10-22-18)25-13-15(2)5-8-19(25)24-20/h3-10,12,24H,11,13H2,1-2H3,(H,22,23). The number of aromatic nitrogens is 2. The monoisotopic (exact) mass is 331 g/mol. The number of aryl methyl sites for hydroxylation is 1. The highest BCUT2D eigenvalue weighted by molar-refractivity contribution is 5.73. The molecule has 2 N–H and O–H groups in total. The Kier molecular flexibility index (Phi) is 3.98. The molecule has 0 amide bonds. The van der Waals surface area contributed by atoms with Crippen LogP contribution in [-0.4, -0.2) is 28.0 Å². The predicted octanol–water partition coefficient (Wildman–Crippen LogP) is 3.27. The van der Waals surface area contributed by atoms with E-state index in [4.69, 9.17) is 0 Å². The van der Waals surface area contributed by atoms with Crippen molar-refractivity contribution in [1.82, 2.24) is 20.2 Å². The van der Waals surface area contributed by atoms with Gasteiger partial charge in [0.05, 0.1) is 24.1 Å². The van der Waals surface area contributed by atoms with Crippen LogP contribution < -0.4 is 10.6 Å². The molecule has 25 heavy (non-hydrogen) atoms. The molecule has 0 aliphatic carbocycles. The SMILES string of the molecule is CC1=CC=C2NC(c3ccc(C)cc3)=C(CNc3cnccn3)N2C1. The summed E-state index contributed by atoms with van der Waals surface area (Å²) in [6.45, 7) is 5.84. The third kappa shape index (κ3) is 3.13. The van der Waals surface area contributed by atoms with Crippen LogP contribution in [-0.2, 0) is 0 Å². The normalized spacial score (nSPS) is 16.2. The number of allylic oxidation sites excluding steroid dienone is 2. The van der Waals surface area contributed by atoms with Gasteiger partial charge in [-0.2, -0.15) is 0 Å². The molecular formula is C20H21N5. The van der Waals surface area contributed by atoms with Gasteiger partial charge in [-0.15, -0.1) is 0 Å². The Morgan fingerprint density at radius 3 is 2.72 bits per heavy atom. The predicted molar refractivity (Wildman–Crippen MR) is 100 cm³/mol. The van der Waals surface area contributed by atoms with Gasteiger partial charge < -0.3 is 15.5 Å². The van der Waals surface area contributed by atoms with Gasteiger partial charge in [0.1, 0.15) is 11.6 Å². The lowest BCUT2D eigenvalue weighted by Crippen LogP contribution is -2.28. The molecule has 2 aliphatic heterocycles. The highest BCUT2D eigenvalue weighted by Gasteiger charge is 2.28. The van der Waals surface area contributed by atoms with Gasteiger partial charge in [0.2, 0.25) is 0 Å². The van der Waals surface area contributed by atoms with Crippen LogP contribution in [0, 0.1) is 6.92 Å². The van der Waals surface area contributed by atoms with E-state index in [1.54, 1.807) is 18.6 Å². The zero-order chi connectivity index (χ0) is 17.2. The lowest BCUT2D eigenvalue weighted by Gasteiger charge is -2.26. The average Bonchev–Trinajstić information content (AvgIpc) is 2.99. The van der Waals surface area contributed by atoms with Crippen LogP contribution in [0.4, 0.5) is 5.82 Å². The van der Waals surface area contributed by atoms with Gasteiger partial charge in [-0.3, -0.25) is 4.98 Å². The maximum absolute atomic E-state index is 4.31. The Labute approximate surface area is 147 Å². The maximum atomic E-state index is 4.31. The molecular weight excluding hydrogens is 310 g/mol. The zero-order valence-corrected chi connectivity index (χ0v) is 14.5. The summed E-state index contributed by atoms with van der Waals surface area (Å²) >= 11 is 0. The van der Waals surface area contributed by atoms with E-state index in [1.807, 2.05) is 0 Å². The summed E-state index contributed by atoms with van der Waals surface area (Å²) in [5, 5.41) is 6.97. The van der Waals surface area contributed by atoms with Gasteiger partial charge in [0, 0.05) is 18.9 Å². The fourth-order valence-corrected chi connectivity index (χ4v) is 3.09. The van der Waals surface area contributed by atoms with Crippen molar-refractivity contribution in [2.24, 2.45) is 0 Å². The molecule has 0 fully saturated rings. The second-order valence-corrected chi connectivity index (χ2v) is 6.41. The summed E-state index contributed by atoms with van der Waals surface area (Å²) < 4.78 is 0. The first kappa shape index (κ1) is 15.4. The minimum Gasteiger partial charge on any atom is -0.363 e. The van der Waals surface area contributed by atoms with E-state index in [-0.39, 0.29) is 0 Å². The summed E-state index contributed by atoms with van der Waals surface area (Å²) in [6, 6.07) is 8.62. The summed E-state index contributed by atoms with van der Waals surface area (Å²) in [6.07, 6.45) is 9.43. The minimum absolute atomic E-state index is 0.680. The van der Waals surface area contributed by atoms with Crippen LogP contribution in [0.25, 0.3) is 5.70 Å². The molecule has 126 valence electrons. The molecule has 4 rings (SSSR count). The van der Waals surface area contributed by atoms with Crippen molar-refractivity contribution < 1.29 is 0 Å². The van der Waals surface area contributed by atoms with Crippen LogP contribution in [0.2, 0.25) is 0 Å². The van der Waals surface area contributed by atoms with Gasteiger partial charge in [-0.1, -0.05) is 41.5 Å². The van der Waals surface area contributed by atoms with Crippen molar-refractivity contribution in [2.45, 2.75) is 13.8 Å². The molecule has 2 aromatic rings. The lowest BCUT2D eigenvalue weighted by atomic mass is 10.1. The second kappa shape index (κ2) is 6.43. The first-order chi connectivity index (χ1) is 12.2. The number of hydrogen-bond donors (Lipinski definition) is 2. The molecule has 5 nitrogen and oxygen atoms in total. The molecule has 5 heteroatoms. The molecule has 0 saturated heterocycles. The van der Waals surface area contributed by atoms with Crippen LogP contribution in [0.15, 0.2) is 72.1 Å². The molecule has 3 heterocycles. The van der Waals surface area contributed by atoms with Gasteiger partial charge in [0.15, 0.2) is 0 Å². The molecule has 0 atom stereocenters. The van der Waals surface area contributed by atoms with Crippen molar-refractivity contribution in [3.63, 3.8) is 0 Å². The van der Waals surface area contributed by atoms with E-state index in [9.17, 15) is 0 Å². The third-order valence-electron chi connectivity index (χ3n) is 4.43. The molecule has 0 spiro atoms. The smallest absolute Gasteiger partial charge is 0.144 e. The number of fused-ring (bicyclic) bond motifs is 1. The Bertz CT molecular complexity index is 863. The zero-order valence-electron chi connectivity index (χ0n) is 14.5. The number of rotatable bonds is 4. The Morgan fingerprint density at radius 1 is 1.12 bits per heavy atom.